The molecule has 2 aromatic heterocycles. The molecule has 270 valence electrons. The van der Waals surface area contributed by atoms with Gasteiger partial charge in [-0.05, 0) is 87.4 Å². The van der Waals surface area contributed by atoms with Gasteiger partial charge in [0.15, 0.2) is 0 Å². The van der Waals surface area contributed by atoms with Crippen molar-refractivity contribution < 1.29 is 23.9 Å². The van der Waals surface area contributed by atoms with Crippen LogP contribution in [0, 0.1) is 6.92 Å². The number of aromatic nitrogens is 4. The van der Waals surface area contributed by atoms with Crippen molar-refractivity contribution in [1.29, 1.82) is 0 Å². The highest BCUT2D eigenvalue weighted by atomic mass is 16.5. The van der Waals surface area contributed by atoms with E-state index >= 15 is 0 Å². The van der Waals surface area contributed by atoms with E-state index in [9.17, 15) is 14.4 Å². The molecule has 3 atom stereocenters. The number of esters is 1. The minimum absolute atomic E-state index is 0.0958. The number of carbonyl (C=O) groups is 3. The zero-order valence-corrected chi connectivity index (χ0v) is 31.5. The van der Waals surface area contributed by atoms with Crippen LogP contribution in [0.25, 0.3) is 33.3 Å². The normalized spacial score (nSPS) is 18.5. The summed E-state index contributed by atoms with van der Waals surface area (Å²) in [6.07, 6.45) is 5.74. The van der Waals surface area contributed by atoms with E-state index in [1.165, 1.54) is 31.9 Å². The summed E-state index contributed by atoms with van der Waals surface area (Å²) in [4.78, 5) is 58.9. The number of unbranched alkanes of at least 4 members (excludes halogenated alkanes) is 3. The Hall–Kier alpha value is -4.57. The van der Waals surface area contributed by atoms with E-state index in [0.717, 1.165) is 81.1 Å². The smallest absolute Gasteiger partial charge is 0.305 e. The second-order valence-corrected chi connectivity index (χ2v) is 14.2. The van der Waals surface area contributed by atoms with E-state index in [4.69, 9.17) is 19.4 Å². The largest absolute Gasteiger partial charge is 0.469 e. The van der Waals surface area contributed by atoms with E-state index in [2.05, 4.69) is 63.6 Å². The maximum atomic E-state index is 14.1. The zero-order chi connectivity index (χ0) is 36.7. The number of hydrogen-bond acceptors (Lipinski definition) is 7. The highest BCUT2D eigenvalue weighted by molar-refractivity contribution is 6.23. The van der Waals surface area contributed by atoms with Crippen LogP contribution < -0.4 is 0 Å². The monoisotopic (exact) mass is 693 g/mol. The van der Waals surface area contributed by atoms with Gasteiger partial charge in [0.1, 0.15) is 0 Å². The fourth-order valence-corrected chi connectivity index (χ4v) is 8.00. The fraction of sp³-hybridized carbons (Fsp3) is 0.488. The number of carbonyl (C=O) groups excluding carboxylic acids is 3. The number of H-pyrrole nitrogens is 2. The van der Waals surface area contributed by atoms with Gasteiger partial charge in [0.2, 0.25) is 0 Å². The van der Waals surface area contributed by atoms with Crippen LogP contribution in [-0.2, 0) is 14.3 Å². The molecule has 0 saturated heterocycles. The first-order valence-corrected chi connectivity index (χ1v) is 18.4. The molecule has 0 radical (unpaired) electrons. The first-order valence-electron chi connectivity index (χ1n) is 18.4. The first-order chi connectivity index (χ1) is 24.4. The third kappa shape index (κ3) is 6.43. The maximum Gasteiger partial charge on any atom is 0.305 e. The van der Waals surface area contributed by atoms with Crippen LogP contribution in [0.5, 0.6) is 0 Å². The van der Waals surface area contributed by atoms with Gasteiger partial charge >= 0.3 is 5.97 Å². The predicted octanol–water partition coefficient (Wildman–Crippen LogP) is 8.67. The summed E-state index contributed by atoms with van der Waals surface area (Å²) >= 11 is 0. The Balaban J connectivity index is 1.67. The second kappa shape index (κ2) is 14.6. The Labute approximate surface area is 300 Å². The van der Waals surface area contributed by atoms with Crippen LogP contribution in [0.1, 0.15) is 159 Å². The first kappa shape index (κ1) is 36.2. The lowest BCUT2D eigenvalue weighted by Crippen LogP contribution is -2.37. The number of allylic oxidation sites excluding steroid dienone is 3. The number of nitrogens with zero attached hydrogens (tertiary/aromatic N) is 3. The highest BCUT2D eigenvalue weighted by Crippen LogP contribution is 2.45. The van der Waals surface area contributed by atoms with Crippen molar-refractivity contribution in [1.82, 2.24) is 24.8 Å². The van der Waals surface area contributed by atoms with Crippen LogP contribution >= 0.6 is 0 Å². The lowest BCUT2D eigenvalue weighted by atomic mass is 9.84. The van der Waals surface area contributed by atoms with Crippen molar-refractivity contribution >= 4 is 51.1 Å². The molecule has 4 aliphatic heterocycles. The van der Waals surface area contributed by atoms with Gasteiger partial charge in [-0.25, -0.2) is 9.97 Å². The number of fused-ring (bicyclic) bond motifs is 8. The Morgan fingerprint density at radius 2 is 1.63 bits per heavy atom. The molecule has 4 aliphatic rings. The van der Waals surface area contributed by atoms with Crippen molar-refractivity contribution in [3.63, 3.8) is 0 Å². The predicted molar refractivity (Wildman–Crippen MR) is 201 cm³/mol. The van der Waals surface area contributed by atoms with Crippen molar-refractivity contribution in [3.05, 3.63) is 69.1 Å². The lowest BCUT2D eigenvalue weighted by Gasteiger charge is -2.24. The number of amides is 2. The number of methoxy groups -OCH3 is 1. The average molecular weight is 694 g/mol. The van der Waals surface area contributed by atoms with Crippen LogP contribution in [-0.4, -0.2) is 69.5 Å². The third-order valence-electron chi connectivity index (χ3n) is 11.1. The molecule has 2 N–H and O–H groups in total. The molecule has 0 spiro atoms. The summed E-state index contributed by atoms with van der Waals surface area (Å²) in [5.74, 6) is -1.39. The summed E-state index contributed by atoms with van der Waals surface area (Å²) < 4.78 is 11.4. The van der Waals surface area contributed by atoms with Gasteiger partial charge in [-0.3, -0.25) is 19.3 Å². The quantitative estimate of drug-likeness (QED) is 0.137. The van der Waals surface area contributed by atoms with Crippen LogP contribution in [0.4, 0.5) is 0 Å². The van der Waals surface area contributed by atoms with E-state index in [1.54, 1.807) is 0 Å². The summed E-state index contributed by atoms with van der Waals surface area (Å²) in [6, 6.07) is 6.14. The van der Waals surface area contributed by atoms with Gasteiger partial charge in [-0.1, -0.05) is 40.0 Å². The number of nitrogens with one attached hydrogen (secondary N) is 2. The van der Waals surface area contributed by atoms with Crippen LogP contribution in [0.15, 0.2) is 18.2 Å². The van der Waals surface area contributed by atoms with E-state index in [1.807, 2.05) is 13.0 Å². The SMILES string of the molecule is CCCCCCOC(C)C1=C(C)c2cc3[nH]c(c4c5[nH]c(cc6nc(cc1n2)C(C)=C6CC)c(C)c5C(=O)N(C)C4=O)[C@@H](CCC(=O)OC)[C@@H]3C. The zero-order valence-electron chi connectivity index (χ0n) is 31.5. The standard InChI is InChI=1S/C41H51N5O5/c1-10-12-13-14-17-51-25(7)35-23(5)30-18-29-22(4)27(15-16-34(47)50-9)38(44-29)37-39-36(40(48)46(8)41(37)49)24(6)31(45-39)19-32-26(11-2)21(3)28(42-32)20-33(35)43-30/h18-20,22,25,27,44-45H,10-17H2,1-9H3/t22-,25?,27-/m0/s1. The highest BCUT2D eigenvalue weighted by Gasteiger charge is 2.39. The summed E-state index contributed by atoms with van der Waals surface area (Å²) in [6.45, 7) is 15.3. The molecular weight excluding hydrogens is 642 g/mol. The molecule has 2 amide bonds. The summed E-state index contributed by atoms with van der Waals surface area (Å²) in [7, 11) is 2.91. The molecule has 1 unspecified atom stereocenters. The number of ether oxygens (including phenoxy) is 2. The molecule has 51 heavy (non-hydrogen) atoms. The number of hydrogen-bond donors (Lipinski definition) is 2. The van der Waals surface area contributed by atoms with Gasteiger partial charge in [0.05, 0.1) is 52.6 Å². The molecule has 2 aromatic rings. The van der Waals surface area contributed by atoms with Crippen LogP contribution in [0.3, 0.4) is 0 Å². The van der Waals surface area contributed by atoms with Crippen LogP contribution in [0.2, 0.25) is 0 Å². The molecule has 10 heteroatoms. The maximum absolute atomic E-state index is 14.1. The number of aryl methyl sites for hydroxylation is 1. The number of aromatic amines is 2. The lowest BCUT2D eigenvalue weighted by molar-refractivity contribution is -0.140. The Bertz CT molecular complexity index is 2050. The molecule has 0 aromatic carbocycles. The molecular formula is C41H51N5O5. The molecule has 6 heterocycles. The second-order valence-electron chi connectivity index (χ2n) is 14.2. The Morgan fingerprint density at radius 3 is 2.33 bits per heavy atom. The van der Waals surface area contributed by atoms with Crippen molar-refractivity contribution in [2.45, 2.75) is 111 Å². The molecule has 0 fully saturated rings. The molecule has 0 aliphatic carbocycles. The van der Waals surface area contributed by atoms with Gasteiger partial charge in [-0.15, -0.1) is 0 Å². The Kier molecular flexibility index (Phi) is 10.4. The van der Waals surface area contributed by atoms with Crippen molar-refractivity contribution in [2.75, 3.05) is 20.8 Å². The summed E-state index contributed by atoms with van der Waals surface area (Å²) in [5, 5.41) is 0. The van der Waals surface area contributed by atoms with Gasteiger partial charge < -0.3 is 19.4 Å². The molecule has 10 nitrogen and oxygen atoms in total. The van der Waals surface area contributed by atoms with E-state index in [0.29, 0.717) is 35.4 Å². The fourth-order valence-electron chi connectivity index (χ4n) is 8.00. The van der Waals surface area contributed by atoms with Crippen molar-refractivity contribution in [2.24, 2.45) is 0 Å². The third-order valence-corrected chi connectivity index (χ3v) is 11.1. The Morgan fingerprint density at radius 1 is 0.922 bits per heavy atom. The number of imide groups is 1. The topological polar surface area (TPSA) is 130 Å². The van der Waals surface area contributed by atoms with E-state index < -0.39 is 5.91 Å². The molecule has 0 saturated carbocycles. The summed E-state index contributed by atoms with van der Waals surface area (Å²) in [5.41, 5.74) is 12.0. The molecule has 6 rings (SSSR count). The average Bonchev–Trinajstić information content (AvgIpc) is 3.79. The molecule has 8 bridgehead atoms. The van der Waals surface area contributed by atoms with E-state index in [-0.39, 0.29) is 36.2 Å². The van der Waals surface area contributed by atoms with Gasteiger partial charge in [-0.2, -0.15) is 0 Å². The minimum Gasteiger partial charge on any atom is -0.469 e. The van der Waals surface area contributed by atoms with Gasteiger partial charge in [0, 0.05) is 54.4 Å². The van der Waals surface area contributed by atoms with Gasteiger partial charge in [0.25, 0.3) is 11.8 Å². The van der Waals surface area contributed by atoms with Crippen molar-refractivity contribution in [3.8, 4) is 0 Å². The number of rotatable bonds is 11. The minimum atomic E-state index is -0.397.